The van der Waals surface area contributed by atoms with Crippen molar-refractivity contribution in [3.05, 3.63) is 54.1 Å². The normalized spacial score (nSPS) is 17.7. The average molecular weight is 434 g/mol. The van der Waals surface area contributed by atoms with Gasteiger partial charge in [-0.15, -0.1) is 0 Å². The first-order valence-electron chi connectivity index (χ1n) is 9.41. The molecular weight excluding hydrogens is 413 g/mol. The number of carbonyl (C=O) groups is 3. The third-order valence-corrected chi connectivity index (χ3v) is 5.08. The minimum Gasteiger partial charge on any atom is -0.343 e. The topological polar surface area (TPSA) is 105 Å². The van der Waals surface area contributed by atoms with Crippen LogP contribution < -0.4 is 21.3 Å². The summed E-state index contributed by atoms with van der Waals surface area (Å²) < 4.78 is 37.9. The molecule has 0 saturated carbocycles. The van der Waals surface area contributed by atoms with E-state index in [9.17, 15) is 27.6 Å². The lowest BCUT2D eigenvalue weighted by atomic mass is 9.95. The molecule has 0 bridgehead atoms. The van der Waals surface area contributed by atoms with Crippen molar-refractivity contribution in [2.24, 2.45) is 5.73 Å². The van der Waals surface area contributed by atoms with Gasteiger partial charge in [0, 0.05) is 12.6 Å². The van der Waals surface area contributed by atoms with E-state index in [4.69, 9.17) is 5.73 Å². The number of hydrogen-bond acceptors (Lipinski definition) is 4. The number of para-hydroxylation sites is 1. The van der Waals surface area contributed by atoms with E-state index in [2.05, 4.69) is 5.32 Å². The van der Waals surface area contributed by atoms with Crippen molar-refractivity contribution >= 4 is 23.4 Å². The Morgan fingerprint density at radius 2 is 1.61 bits per heavy atom. The number of nitrogens with zero attached hydrogens (tertiary/aromatic N) is 1. The van der Waals surface area contributed by atoms with E-state index in [1.54, 1.807) is 37.4 Å². The zero-order valence-electron chi connectivity index (χ0n) is 16.7. The molecule has 0 aromatic heterocycles. The summed E-state index contributed by atoms with van der Waals surface area (Å²) >= 11 is 0. The monoisotopic (exact) mass is 434 g/mol. The lowest BCUT2D eigenvalue weighted by Gasteiger charge is -2.25. The highest BCUT2D eigenvalue weighted by Crippen LogP contribution is 2.39. The van der Waals surface area contributed by atoms with Gasteiger partial charge in [0.1, 0.15) is 12.1 Å². The maximum atomic E-state index is 13.1. The number of nitrogens with one attached hydrogen (secondary N) is 2. The van der Waals surface area contributed by atoms with Crippen molar-refractivity contribution in [3.63, 3.8) is 0 Å². The van der Waals surface area contributed by atoms with Crippen molar-refractivity contribution in [2.75, 3.05) is 11.9 Å². The Morgan fingerprint density at radius 1 is 1.03 bits per heavy atom. The van der Waals surface area contributed by atoms with Crippen molar-refractivity contribution in [1.29, 1.82) is 0 Å². The summed E-state index contributed by atoms with van der Waals surface area (Å²) in [6, 6.07) is 9.04. The van der Waals surface area contributed by atoms with E-state index >= 15 is 0 Å². The van der Waals surface area contributed by atoms with Gasteiger partial charge in [0.15, 0.2) is 6.04 Å². The Kier molecular flexibility index (Phi) is 6.03. The van der Waals surface area contributed by atoms with E-state index in [1.165, 1.54) is 11.8 Å². The molecule has 0 fully saturated rings. The SMILES string of the molecule is C[C@H](NC(=O)C(N)C(F)(F)F)C(=O)N[C@@H]1C(=O)N(C)c2ccccc2-c2ccccc21. The van der Waals surface area contributed by atoms with Crippen molar-refractivity contribution in [1.82, 2.24) is 10.6 Å². The highest BCUT2D eigenvalue weighted by atomic mass is 19.4. The second kappa shape index (κ2) is 8.38. The molecule has 1 unspecified atom stereocenters. The number of rotatable bonds is 4. The fraction of sp³-hybridized carbons (Fsp3) is 0.286. The summed E-state index contributed by atoms with van der Waals surface area (Å²) in [5.74, 6) is -2.79. The van der Waals surface area contributed by atoms with E-state index in [1.807, 2.05) is 23.5 Å². The van der Waals surface area contributed by atoms with Gasteiger partial charge in [0.05, 0.1) is 5.69 Å². The smallest absolute Gasteiger partial charge is 0.343 e. The van der Waals surface area contributed by atoms with Crippen molar-refractivity contribution in [2.45, 2.75) is 31.2 Å². The number of hydrogen-bond donors (Lipinski definition) is 3. The molecule has 0 radical (unpaired) electrons. The van der Waals surface area contributed by atoms with Gasteiger partial charge in [-0.3, -0.25) is 14.4 Å². The van der Waals surface area contributed by atoms with Crippen molar-refractivity contribution in [3.8, 4) is 11.1 Å². The summed E-state index contributed by atoms with van der Waals surface area (Å²) in [5, 5.41) is 4.48. The third-order valence-electron chi connectivity index (χ3n) is 5.08. The zero-order chi connectivity index (χ0) is 22.9. The molecule has 4 N–H and O–H groups in total. The fourth-order valence-electron chi connectivity index (χ4n) is 3.36. The van der Waals surface area contributed by atoms with E-state index < -0.39 is 42.0 Å². The molecule has 7 nitrogen and oxygen atoms in total. The van der Waals surface area contributed by atoms with E-state index in [0.29, 0.717) is 11.3 Å². The average Bonchev–Trinajstić information content (AvgIpc) is 2.82. The molecular formula is C21H21F3N4O3. The van der Waals surface area contributed by atoms with Crippen LogP contribution in [0.5, 0.6) is 0 Å². The van der Waals surface area contributed by atoms with Crippen LogP contribution in [0, 0.1) is 0 Å². The van der Waals surface area contributed by atoms with Gasteiger partial charge >= 0.3 is 6.18 Å². The van der Waals surface area contributed by atoms with Gasteiger partial charge in [-0.25, -0.2) is 0 Å². The highest BCUT2D eigenvalue weighted by molar-refractivity contribution is 6.06. The molecule has 3 atom stereocenters. The van der Waals surface area contributed by atoms with Crippen molar-refractivity contribution < 1.29 is 27.6 Å². The molecule has 2 aromatic carbocycles. The molecule has 0 aliphatic carbocycles. The predicted molar refractivity (Wildman–Crippen MR) is 108 cm³/mol. The summed E-state index contributed by atoms with van der Waals surface area (Å²) in [6.45, 7) is 1.21. The lowest BCUT2D eigenvalue weighted by molar-refractivity contribution is -0.163. The number of benzene rings is 2. The van der Waals surface area contributed by atoms with Crippen LogP contribution >= 0.6 is 0 Å². The summed E-state index contributed by atoms with van der Waals surface area (Å²) in [4.78, 5) is 38.9. The number of carbonyl (C=O) groups excluding carboxylic acids is 3. The van der Waals surface area contributed by atoms with Gasteiger partial charge in [0.25, 0.3) is 5.91 Å². The Balaban J connectivity index is 1.87. The van der Waals surface area contributed by atoms with Crippen LogP contribution in [-0.4, -0.2) is 43.0 Å². The minimum absolute atomic E-state index is 0.434. The predicted octanol–water partition coefficient (Wildman–Crippen LogP) is 1.88. The third kappa shape index (κ3) is 4.38. The van der Waals surface area contributed by atoms with E-state index in [0.717, 1.165) is 11.1 Å². The summed E-state index contributed by atoms with van der Waals surface area (Å²) in [7, 11) is 1.57. The Morgan fingerprint density at radius 3 is 2.26 bits per heavy atom. The molecule has 1 aliphatic rings. The van der Waals surface area contributed by atoms with Crippen LogP contribution in [0.4, 0.5) is 18.9 Å². The van der Waals surface area contributed by atoms with Gasteiger partial charge in [0.2, 0.25) is 11.8 Å². The zero-order valence-corrected chi connectivity index (χ0v) is 16.7. The number of fused-ring (bicyclic) bond motifs is 3. The summed E-state index contributed by atoms with van der Waals surface area (Å²) in [6.07, 6.45) is -4.94. The van der Waals surface area contributed by atoms with Gasteiger partial charge in [-0.1, -0.05) is 42.5 Å². The second-order valence-electron chi connectivity index (χ2n) is 7.19. The number of amides is 3. The largest absolute Gasteiger partial charge is 0.412 e. The first-order chi connectivity index (χ1) is 14.5. The molecule has 3 rings (SSSR count). The molecule has 31 heavy (non-hydrogen) atoms. The first kappa shape index (κ1) is 22.3. The highest BCUT2D eigenvalue weighted by Gasteiger charge is 2.43. The van der Waals surface area contributed by atoms with Crippen LogP contribution in [0.1, 0.15) is 18.5 Å². The van der Waals surface area contributed by atoms with Gasteiger partial charge in [-0.2, -0.15) is 13.2 Å². The van der Waals surface area contributed by atoms with Crippen LogP contribution in [-0.2, 0) is 14.4 Å². The molecule has 2 aromatic rings. The number of likely N-dealkylation sites (N-methyl/N-ethyl adjacent to an activating group) is 1. The molecule has 164 valence electrons. The molecule has 1 heterocycles. The molecule has 0 saturated heterocycles. The van der Waals surface area contributed by atoms with Gasteiger partial charge < -0.3 is 21.3 Å². The molecule has 10 heteroatoms. The molecule has 3 amide bonds. The van der Waals surface area contributed by atoms with Crippen LogP contribution in [0.25, 0.3) is 11.1 Å². The number of anilines is 1. The first-order valence-corrected chi connectivity index (χ1v) is 9.41. The summed E-state index contributed by atoms with van der Waals surface area (Å²) in [5.41, 5.74) is 7.58. The Hall–Kier alpha value is -3.40. The van der Waals surface area contributed by atoms with Crippen LogP contribution in [0.3, 0.4) is 0 Å². The molecule has 0 spiro atoms. The fourth-order valence-corrected chi connectivity index (χ4v) is 3.36. The quantitative estimate of drug-likeness (QED) is 0.684. The Bertz CT molecular complexity index is 1020. The maximum absolute atomic E-state index is 13.1. The van der Waals surface area contributed by atoms with Crippen LogP contribution in [0.15, 0.2) is 48.5 Å². The molecule has 1 aliphatic heterocycles. The lowest BCUT2D eigenvalue weighted by Crippen LogP contribution is -2.55. The number of alkyl halides is 3. The van der Waals surface area contributed by atoms with Gasteiger partial charge in [-0.05, 0) is 24.1 Å². The number of nitrogens with two attached hydrogens (primary N) is 1. The second-order valence-corrected chi connectivity index (χ2v) is 7.19. The Labute approximate surface area is 176 Å². The van der Waals surface area contributed by atoms with Crippen LogP contribution in [0.2, 0.25) is 0 Å². The number of halogens is 3. The maximum Gasteiger partial charge on any atom is 0.412 e. The standard InChI is InChI=1S/C21H21F3N4O3/c1-11(26-19(30)17(25)21(22,23)24)18(29)27-16-14-9-4-3-7-12(14)13-8-5-6-10-15(13)28(2)20(16)31/h3-11,16-17H,25H2,1-2H3,(H,26,30)(H,27,29)/t11-,16-,17?/m0/s1. The van der Waals surface area contributed by atoms with E-state index in [-0.39, 0.29) is 0 Å². The minimum atomic E-state index is -4.94.